The van der Waals surface area contributed by atoms with E-state index in [-0.39, 0.29) is 0 Å². The number of nitrogens with zero attached hydrogens (tertiary/aromatic N) is 3. The van der Waals surface area contributed by atoms with Crippen molar-refractivity contribution in [1.82, 2.24) is 25.3 Å². The molecule has 0 unspecified atom stereocenters. The molecular weight excluding hydrogens is 342 g/mol. The lowest BCUT2D eigenvalue weighted by Crippen LogP contribution is -2.15. The molecule has 0 spiro atoms. The Morgan fingerprint density at radius 2 is 2.04 bits per heavy atom. The molecule has 0 bridgehead atoms. The largest absolute Gasteiger partial charge is 0.486 e. The second kappa shape index (κ2) is 6.74. The second-order valence-electron chi connectivity index (χ2n) is 7.12. The van der Waals surface area contributed by atoms with Crippen molar-refractivity contribution in [3.63, 3.8) is 0 Å². The van der Waals surface area contributed by atoms with Crippen molar-refractivity contribution in [3.8, 4) is 22.8 Å². The van der Waals surface area contributed by atoms with E-state index in [1.54, 1.807) is 0 Å². The SMILES string of the molecule is Cn1cc(CNCc2n[nH]c3c2CCC3)c(-c2ccc3c(c2)OCCO3)n1. The quantitative estimate of drug-likeness (QED) is 0.726. The number of nitrogens with one attached hydrogen (secondary N) is 2. The van der Waals surface area contributed by atoms with E-state index < -0.39 is 0 Å². The number of hydrogen-bond donors (Lipinski definition) is 2. The summed E-state index contributed by atoms with van der Waals surface area (Å²) in [7, 11) is 1.95. The summed E-state index contributed by atoms with van der Waals surface area (Å²) in [5.41, 5.74) is 7.02. The molecule has 0 radical (unpaired) electrons. The van der Waals surface area contributed by atoms with E-state index >= 15 is 0 Å². The van der Waals surface area contributed by atoms with Crippen molar-refractivity contribution in [2.45, 2.75) is 32.4 Å². The number of benzene rings is 1. The molecule has 2 aliphatic rings. The minimum absolute atomic E-state index is 0.584. The zero-order valence-corrected chi connectivity index (χ0v) is 15.4. The lowest BCUT2D eigenvalue weighted by molar-refractivity contribution is 0.171. The number of fused-ring (bicyclic) bond motifs is 2. The number of aromatic amines is 1. The van der Waals surface area contributed by atoms with Crippen LogP contribution in [0.15, 0.2) is 24.4 Å². The first-order valence-corrected chi connectivity index (χ1v) is 9.46. The summed E-state index contributed by atoms with van der Waals surface area (Å²) in [4.78, 5) is 0. The highest BCUT2D eigenvalue weighted by Gasteiger charge is 2.19. The minimum Gasteiger partial charge on any atom is -0.486 e. The Balaban J connectivity index is 1.33. The standard InChI is InChI=1S/C20H23N5O2/c1-25-12-14(10-21-11-17-15-3-2-4-16(15)22-23-17)20(24-25)13-5-6-18-19(9-13)27-8-7-26-18/h5-6,9,12,21H,2-4,7-8,10-11H2,1H3,(H,22,23). The third-order valence-corrected chi connectivity index (χ3v) is 5.22. The van der Waals surface area contributed by atoms with Crippen LogP contribution in [-0.4, -0.2) is 33.2 Å². The molecule has 5 rings (SSSR count). The molecular formula is C20H23N5O2. The molecule has 0 fully saturated rings. The Labute approximate surface area is 157 Å². The van der Waals surface area contributed by atoms with E-state index in [4.69, 9.17) is 9.47 Å². The molecule has 0 amide bonds. The molecule has 7 heteroatoms. The summed E-state index contributed by atoms with van der Waals surface area (Å²) in [6.45, 7) is 2.68. The summed E-state index contributed by atoms with van der Waals surface area (Å²) < 4.78 is 13.2. The van der Waals surface area contributed by atoms with Gasteiger partial charge in [0.2, 0.25) is 0 Å². The summed E-state index contributed by atoms with van der Waals surface area (Å²) in [6.07, 6.45) is 5.55. The third kappa shape index (κ3) is 3.08. The van der Waals surface area contributed by atoms with E-state index in [0.717, 1.165) is 59.9 Å². The van der Waals surface area contributed by atoms with Gasteiger partial charge in [-0.1, -0.05) is 0 Å². The smallest absolute Gasteiger partial charge is 0.162 e. The molecule has 3 aromatic rings. The summed E-state index contributed by atoms with van der Waals surface area (Å²) in [6, 6.07) is 6.02. The van der Waals surface area contributed by atoms with Gasteiger partial charge in [0.15, 0.2) is 11.5 Å². The molecule has 0 atom stereocenters. The fourth-order valence-electron chi connectivity index (χ4n) is 3.95. The Kier molecular flexibility index (Phi) is 4.09. The van der Waals surface area contributed by atoms with Gasteiger partial charge < -0.3 is 14.8 Å². The highest BCUT2D eigenvalue weighted by Crippen LogP contribution is 2.35. The van der Waals surface area contributed by atoms with Crippen LogP contribution in [0.2, 0.25) is 0 Å². The fraction of sp³-hybridized carbons (Fsp3) is 0.400. The van der Waals surface area contributed by atoms with Crippen LogP contribution in [0.25, 0.3) is 11.3 Å². The van der Waals surface area contributed by atoms with E-state index in [0.29, 0.717) is 13.2 Å². The average molecular weight is 365 g/mol. The number of rotatable bonds is 5. The van der Waals surface area contributed by atoms with Gasteiger partial charge in [-0.25, -0.2) is 0 Å². The van der Waals surface area contributed by atoms with E-state index in [2.05, 4.69) is 26.8 Å². The zero-order chi connectivity index (χ0) is 18.2. The number of hydrogen-bond acceptors (Lipinski definition) is 5. The van der Waals surface area contributed by atoms with Crippen molar-refractivity contribution in [2.75, 3.05) is 13.2 Å². The summed E-state index contributed by atoms with van der Waals surface area (Å²) in [5.74, 6) is 1.59. The molecule has 2 N–H and O–H groups in total. The average Bonchev–Trinajstić information content (AvgIpc) is 3.38. The molecule has 1 aliphatic heterocycles. The number of aryl methyl sites for hydroxylation is 2. The fourth-order valence-corrected chi connectivity index (χ4v) is 3.95. The molecule has 7 nitrogen and oxygen atoms in total. The zero-order valence-electron chi connectivity index (χ0n) is 15.4. The van der Waals surface area contributed by atoms with Gasteiger partial charge in [-0.05, 0) is 43.0 Å². The van der Waals surface area contributed by atoms with E-state index in [1.807, 2.05) is 29.9 Å². The molecule has 1 aliphatic carbocycles. The van der Waals surface area contributed by atoms with E-state index in [1.165, 1.54) is 17.7 Å². The van der Waals surface area contributed by atoms with Crippen LogP contribution in [0.1, 0.15) is 28.9 Å². The van der Waals surface area contributed by atoms with Crippen LogP contribution in [0.3, 0.4) is 0 Å². The number of ether oxygens (including phenoxy) is 2. The first kappa shape index (κ1) is 16.4. The predicted octanol–water partition coefficient (Wildman–Crippen LogP) is 2.36. The third-order valence-electron chi connectivity index (χ3n) is 5.22. The van der Waals surface area contributed by atoms with Gasteiger partial charge in [0, 0.05) is 43.2 Å². The first-order chi connectivity index (χ1) is 13.3. The van der Waals surface area contributed by atoms with Gasteiger partial charge in [0.05, 0.1) is 11.4 Å². The van der Waals surface area contributed by atoms with Crippen LogP contribution >= 0.6 is 0 Å². The van der Waals surface area contributed by atoms with E-state index in [9.17, 15) is 0 Å². The maximum Gasteiger partial charge on any atom is 0.162 e. The van der Waals surface area contributed by atoms with Gasteiger partial charge in [-0.3, -0.25) is 9.78 Å². The topological polar surface area (TPSA) is 77.0 Å². The van der Waals surface area contributed by atoms with Gasteiger partial charge in [0.25, 0.3) is 0 Å². The summed E-state index contributed by atoms with van der Waals surface area (Å²) in [5, 5.41) is 15.8. The molecule has 0 saturated carbocycles. The molecule has 0 saturated heterocycles. The monoisotopic (exact) mass is 365 g/mol. The maximum absolute atomic E-state index is 5.72. The Bertz CT molecular complexity index is 975. The lowest BCUT2D eigenvalue weighted by Gasteiger charge is -2.18. The predicted molar refractivity (Wildman–Crippen MR) is 101 cm³/mol. The van der Waals surface area contributed by atoms with Crippen molar-refractivity contribution < 1.29 is 9.47 Å². The second-order valence-corrected chi connectivity index (χ2v) is 7.12. The number of H-pyrrole nitrogens is 1. The molecule has 140 valence electrons. The van der Waals surface area contributed by atoms with Gasteiger partial charge >= 0.3 is 0 Å². The molecule has 3 heterocycles. The first-order valence-electron chi connectivity index (χ1n) is 9.46. The van der Waals surface area contributed by atoms with Crippen molar-refractivity contribution in [1.29, 1.82) is 0 Å². The normalized spacial score (nSPS) is 15.1. The van der Waals surface area contributed by atoms with Gasteiger partial charge in [-0.2, -0.15) is 10.2 Å². The number of aromatic nitrogens is 4. The molecule has 1 aromatic carbocycles. The van der Waals surface area contributed by atoms with Crippen LogP contribution in [0, 0.1) is 0 Å². The van der Waals surface area contributed by atoms with Crippen molar-refractivity contribution in [3.05, 3.63) is 46.9 Å². The van der Waals surface area contributed by atoms with Crippen molar-refractivity contribution >= 4 is 0 Å². The lowest BCUT2D eigenvalue weighted by atomic mass is 10.1. The highest BCUT2D eigenvalue weighted by molar-refractivity contribution is 5.66. The maximum atomic E-state index is 5.72. The highest BCUT2D eigenvalue weighted by atomic mass is 16.6. The van der Waals surface area contributed by atoms with Gasteiger partial charge in [0.1, 0.15) is 13.2 Å². The molecule has 2 aromatic heterocycles. The van der Waals surface area contributed by atoms with Crippen LogP contribution in [-0.2, 0) is 33.0 Å². The summed E-state index contributed by atoms with van der Waals surface area (Å²) >= 11 is 0. The Morgan fingerprint density at radius 1 is 1.15 bits per heavy atom. The van der Waals surface area contributed by atoms with Crippen molar-refractivity contribution in [2.24, 2.45) is 7.05 Å². The Morgan fingerprint density at radius 3 is 2.96 bits per heavy atom. The van der Waals surface area contributed by atoms with Crippen LogP contribution < -0.4 is 14.8 Å². The van der Waals surface area contributed by atoms with Crippen LogP contribution in [0.5, 0.6) is 11.5 Å². The molecule has 27 heavy (non-hydrogen) atoms. The van der Waals surface area contributed by atoms with Gasteiger partial charge in [-0.15, -0.1) is 0 Å². The Hall–Kier alpha value is -2.80. The minimum atomic E-state index is 0.584. The van der Waals surface area contributed by atoms with Crippen LogP contribution in [0.4, 0.5) is 0 Å².